The molecule has 56 heavy (non-hydrogen) atoms. The maximum Gasteiger partial charge on any atom is 0.141 e. The summed E-state index contributed by atoms with van der Waals surface area (Å²) in [7, 11) is 0. The Morgan fingerprint density at radius 2 is 0.964 bits per heavy atom. The lowest BCUT2D eigenvalue weighted by Gasteiger charge is -2.46. The van der Waals surface area contributed by atoms with E-state index in [4.69, 9.17) is 15.0 Å². The van der Waals surface area contributed by atoms with Gasteiger partial charge in [0.15, 0.2) is 0 Å². The first-order valence-corrected chi connectivity index (χ1v) is 19.3. The molecule has 0 N–H and O–H groups in total. The van der Waals surface area contributed by atoms with Crippen LogP contribution in [0.3, 0.4) is 0 Å². The van der Waals surface area contributed by atoms with E-state index in [1.165, 1.54) is 38.6 Å². The second-order valence-electron chi connectivity index (χ2n) is 15.8. The fourth-order valence-electron chi connectivity index (χ4n) is 8.55. The molecule has 10 rings (SSSR count). The number of hydrogen-bond acceptors (Lipinski definition) is 5. The summed E-state index contributed by atoms with van der Waals surface area (Å²) in [5.41, 5.74) is 13.8. The van der Waals surface area contributed by atoms with Crippen LogP contribution in [-0.2, 0) is 11.0 Å². The molecule has 0 fully saturated rings. The van der Waals surface area contributed by atoms with Crippen molar-refractivity contribution < 1.29 is 0 Å². The number of aromatic nitrogens is 2. The van der Waals surface area contributed by atoms with Gasteiger partial charge in [0.2, 0.25) is 0 Å². The summed E-state index contributed by atoms with van der Waals surface area (Å²) in [6.45, 7) is 8.82. The van der Waals surface area contributed by atoms with E-state index in [1.54, 1.807) is 6.33 Å². The molecule has 7 aromatic carbocycles. The van der Waals surface area contributed by atoms with Crippen molar-refractivity contribution in [1.29, 1.82) is 0 Å². The van der Waals surface area contributed by atoms with Gasteiger partial charge < -0.3 is 4.90 Å². The second-order valence-corrected chi connectivity index (χ2v) is 15.8. The van der Waals surface area contributed by atoms with E-state index in [-0.39, 0.29) is 5.41 Å². The first-order chi connectivity index (χ1) is 27.3. The van der Waals surface area contributed by atoms with Gasteiger partial charge in [0.25, 0.3) is 0 Å². The molecule has 0 unspecified atom stereocenters. The average Bonchev–Trinajstić information content (AvgIpc) is 3.24. The van der Waals surface area contributed by atoms with E-state index in [1.807, 2.05) is 0 Å². The minimum atomic E-state index is -0.520. The monoisotopic (exact) mass is 723 g/mol. The SMILES string of the molecule is CC1(C)N=C(c2ccc3cc(-c4ccc(N(c5ccccc5)c5ccc(-c6ccccc6)cc5)cc4)ccc3c2)N2c3ccccc3C(C)(C)c3ncnc1c32. The summed E-state index contributed by atoms with van der Waals surface area (Å²) >= 11 is 0. The minimum absolute atomic E-state index is 0.273. The van der Waals surface area contributed by atoms with Crippen molar-refractivity contribution in [2.75, 3.05) is 9.80 Å². The zero-order chi connectivity index (χ0) is 38.0. The predicted molar refractivity (Wildman–Crippen MR) is 232 cm³/mol. The predicted octanol–water partition coefficient (Wildman–Crippen LogP) is 12.9. The van der Waals surface area contributed by atoms with Crippen molar-refractivity contribution in [2.24, 2.45) is 4.99 Å². The molecule has 0 saturated carbocycles. The van der Waals surface area contributed by atoms with Gasteiger partial charge in [-0.25, -0.2) is 9.97 Å². The quantitative estimate of drug-likeness (QED) is 0.171. The molecule has 1 aromatic heterocycles. The molecule has 5 heteroatoms. The van der Waals surface area contributed by atoms with Gasteiger partial charge >= 0.3 is 0 Å². The van der Waals surface area contributed by atoms with Crippen LogP contribution in [0.2, 0.25) is 0 Å². The molecule has 5 nitrogen and oxygen atoms in total. The van der Waals surface area contributed by atoms with Gasteiger partial charge in [-0.15, -0.1) is 0 Å². The first kappa shape index (κ1) is 33.7. The van der Waals surface area contributed by atoms with Gasteiger partial charge in [-0.2, -0.15) is 0 Å². The molecule has 8 aromatic rings. The van der Waals surface area contributed by atoms with E-state index in [0.29, 0.717) is 0 Å². The van der Waals surface area contributed by atoms with Crippen LogP contribution in [-0.4, -0.2) is 15.8 Å². The number of benzene rings is 7. The second kappa shape index (κ2) is 12.9. The van der Waals surface area contributed by atoms with Crippen molar-refractivity contribution in [3.63, 3.8) is 0 Å². The lowest BCUT2D eigenvalue weighted by atomic mass is 9.74. The lowest BCUT2D eigenvalue weighted by Crippen LogP contribution is -2.44. The summed E-state index contributed by atoms with van der Waals surface area (Å²) in [4.78, 5) is 19.7. The number of amidine groups is 1. The smallest absolute Gasteiger partial charge is 0.141 e. The molecule has 0 saturated heterocycles. The Labute approximate surface area is 328 Å². The number of anilines is 5. The van der Waals surface area contributed by atoms with Crippen LogP contribution in [0.25, 0.3) is 33.0 Å². The van der Waals surface area contributed by atoms with Crippen LogP contribution >= 0.6 is 0 Å². The molecule has 2 aliphatic rings. The highest BCUT2D eigenvalue weighted by atomic mass is 15.3. The topological polar surface area (TPSA) is 44.6 Å². The molecule has 0 amide bonds. The van der Waals surface area contributed by atoms with Crippen molar-refractivity contribution in [3.8, 4) is 22.3 Å². The molecule has 0 atom stereocenters. The minimum Gasteiger partial charge on any atom is -0.311 e. The number of hydrogen-bond donors (Lipinski definition) is 0. The molecule has 0 aliphatic carbocycles. The molecular formula is C51H41N5. The zero-order valence-electron chi connectivity index (χ0n) is 32.0. The average molecular weight is 724 g/mol. The van der Waals surface area contributed by atoms with Crippen LogP contribution in [0.4, 0.5) is 28.4 Å². The highest BCUT2D eigenvalue weighted by molar-refractivity contribution is 6.18. The van der Waals surface area contributed by atoms with Crippen LogP contribution in [0.15, 0.2) is 181 Å². The molecule has 2 aliphatic heterocycles. The van der Waals surface area contributed by atoms with E-state index in [9.17, 15) is 0 Å². The maximum absolute atomic E-state index is 5.40. The number of nitrogens with zero attached hydrogens (tertiary/aromatic N) is 5. The number of fused-ring (bicyclic) bond motifs is 3. The fourth-order valence-corrected chi connectivity index (χ4v) is 8.55. The highest BCUT2D eigenvalue weighted by Gasteiger charge is 2.46. The fraction of sp³-hybridized carbons (Fsp3) is 0.118. The maximum atomic E-state index is 5.40. The van der Waals surface area contributed by atoms with Crippen LogP contribution < -0.4 is 9.80 Å². The van der Waals surface area contributed by atoms with Crippen molar-refractivity contribution in [2.45, 2.75) is 38.6 Å². The van der Waals surface area contributed by atoms with Gasteiger partial charge in [-0.05, 0) is 121 Å². The summed E-state index contributed by atoms with van der Waals surface area (Å²) in [6.07, 6.45) is 1.70. The normalized spacial score (nSPS) is 14.8. The largest absolute Gasteiger partial charge is 0.311 e. The standard InChI is InChI=1S/C51H41N5/c1-50(2)44-17-11-12-18-45(44)56-46-47(50)52-33-53-48(46)51(3,4)54-49(56)40-22-21-38-31-37(19-20-39(38)32-40)36-25-29-43(30-26-36)55(41-15-9-6-10-16-41)42-27-23-35(24-28-42)34-13-7-5-8-14-34/h5-33H,1-4H3. The van der Waals surface area contributed by atoms with E-state index in [2.05, 4.69) is 207 Å². The third-order valence-electron chi connectivity index (χ3n) is 11.4. The van der Waals surface area contributed by atoms with Gasteiger partial charge in [-0.3, -0.25) is 9.89 Å². The number of rotatable bonds is 6. The van der Waals surface area contributed by atoms with Crippen LogP contribution in [0.1, 0.15) is 50.2 Å². The molecule has 0 spiro atoms. The number of aliphatic imine (C=N–C) groups is 1. The summed E-state index contributed by atoms with van der Waals surface area (Å²) in [5.74, 6) is 0.917. The first-order valence-electron chi connectivity index (χ1n) is 19.3. The van der Waals surface area contributed by atoms with Gasteiger partial charge in [0.1, 0.15) is 17.7 Å². The third kappa shape index (κ3) is 5.50. The van der Waals surface area contributed by atoms with E-state index < -0.39 is 5.54 Å². The summed E-state index contributed by atoms with van der Waals surface area (Å²) < 4.78 is 0. The highest BCUT2D eigenvalue weighted by Crippen LogP contribution is 2.53. The Morgan fingerprint density at radius 3 is 1.64 bits per heavy atom. The Balaban J connectivity index is 0.984. The Hall–Kier alpha value is -6.85. The van der Waals surface area contributed by atoms with E-state index in [0.717, 1.165) is 51.2 Å². The van der Waals surface area contributed by atoms with Crippen LogP contribution in [0, 0.1) is 0 Å². The molecule has 0 bridgehead atoms. The molecule has 270 valence electrons. The van der Waals surface area contributed by atoms with Crippen molar-refractivity contribution in [1.82, 2.24) is 9.97 Å². The Bertz CT molecular complexity index is 2790. The summed E-state index contributed by atoms with van der Waals surface area (Å²) in [5, 5.41) is 2.35. The van der Waals surface area contributed by atoms with Crippen molar-refractivity contribution in [3.05, 3.63) is 199 Å². The number of para-hydroxylation sites is 2. The molecular weight excluding hydrogens is 683 g/mol. The van der Waals surface area contributed by atoms with Gasteiger partial charge in [0.05, 0.1) is 22.8 Å². The Morgan fingerprint density at radius 1 is 0.464 bits per heavy atom. The summed E-state index contributed by atoms with van der Waals surface area (Å²) in [6, 6.07) is 60.9. The molecule has 0 radical (unpaired) electrons. The van der Waals surface area contributed by atoms with Crippen LogP contribution in [0.5, 0.6) is 0 Å². The van der Waals surface area contributed by atoms with E-state index >= 15 is 0 Å². The molecule has 3 heterocycles. The zero-order valence-corrected chi connectivity index (χ0v) is 32.0. The van der Waals surface area contributed by atoms with Crippen molar-refractivity contribution >= 4 is 45.0 Å². The van der Waals surface area contributed by atoms with Gasteiger partial charge in [0, 0.05) is 28.0 Å². The third-order valence-corrected chi connectivity index (χ3v) is 11.4. The van der Waals surface area contributed by atoms with Gasteiger partial charge in [-0.1, -0.05) is 115 Å². The lowest BCUT2D eigenvalue weighted by molar-refractivity contribution is 0.516. The Kier molecular flexibility index (Phi) is 7.75.